The smallest absolute Gasteiger partial charge is 0.195 e. The van der Waals surface area contributed by atoms with Crippen LogP contribution < -0.4 is 0 Å². The second-order valence-electron chi connectivity index (χ2n) is 4.03. The van der Waals surface area contributed by atoms with Crippen LogP contribution in [0.5, 0.6) is 0 Å². The Morgan fingerprint density at radius 1 is 1.06 bits per heavy atom. The molecular formula is C12H18ClN3. The predicted molar refractivity (Wildman–Crippen MR) is 70.0 cm³/mol. The molecule has 0 N–H and O–H groups in total. The lowest BCUT2D eigenvalue weighted by Crippen LogP contribution is -2.35. The topological polar surface area (TPSA) is 18.8 Å². The zero-order chi connectivity index (χ0) is 12.1. The number of hydrogen-bond donors (Lipinski definition) is 0. The van der Waals surface area contributed by atoms with Gasteiger partial charge in [0, 0.05) is 33.2 Å². The molecule has 0 aliphatic heterocycles. The number of benzene rings is 1. The van der Waals surface area contributed by atoms with Crippen molar-refractivity contribution < 1.29 is 0 Å². The van der Waals surface area contributed by atoms with E-state index in [0.717, 1.165) is 16.5 Å². The Morgan fingerprint density at radius 2 is 1.56 bits per heavy atom. The predicted octanol–water partition coefficient (Wildman–Crippen LogP) is 2.32. The molecule has 88 valence electrons. The third-order valence-electron chi connectivity index (χ3n) is 2.12. The minimum Gasteiger partial charge on any atom is -0.349 e. The average molecular weight is 240 g/mol. The molecule has 0 aliphatic carbocycles. The molecule has 0 saturated heterocycles. The molecule has 0 aliphatic rings. The molecule has 0 aromatic heterocycles. The summed E-state index contributed by atoms with van der Waals surface area (Å²) in [6.07, 6.45) is 0. The Kier molecular flexibility index (Phi) is 4.62. The quantitative estimate of drug-likeness (QED) is 0.583. The summed E-state index contributed by atoms with van der Waals surface area (Å²) < 4.78 is 0. The first-order valence-corrected chi connectivity index (χ1v) is 5.52. The monoisotopic (exact) mass is 239 g/mol. The molecule has 16 heavy (non-hydrogen) atoms. The van der Waals surface area contributed by atoms with Gasteiger partial charge in [-0.05, 0) is 17.7 Å². The minimum atomic E-state index is 0.670. The molecule has 3 nitrogen and oxygen atoms in total. The van der Waals surface area contributed by atoms with Crippen LogP contribution >= 0.6 is 11.6 Å². The summed E-state index contributed by atoms with van der Waals surface area (Å²) in [5.74, 6) is 0.954. The highest BCUT2D eigenvalue weighted by Crippen LogP contribution is 2.10. The van der Waals surface area contributed by atoms with Crippen LogP contribution in [0.15, 0.2) is 29.3 Å². The van der Waals surface area contributed by atoms with Crippen molar-refractivity contribution in [3.05, 3.63) is 34.9 Å². The molecule has 0 amide bonds. The van der Waals surface area contributed by atoms with E-state index in [1.54, 1.807) is 0 Å². The van der Waals surface area contributed by atoms with Crippen LogP contribution in [0, 0.1) is 0 Å². The molecule has 0 spiro atoms. The summed E-state index contributed by atoms with van der Waals surface area (Å²) >= 11 is 5.82. The summed E-state index contributed by atoms with van der Waals surface area (Å²) in [6, 6.07) is 7.76. The first-order valence-electron chi connectivity index (χ1n) is 5.14. The molecule has 1 aromatic carbocycles. The van der Waals surface area contributed by atoms with Crippen LogP contribution in [0.2, 0.25) is 5.02 Å². The van der Waals surface area contributed by atoms with Gasteiger partial charge in [0.15, 0.2) is 5.96 Å². The molecule has 0 bridgehead atoms. The van der Waals surface area contributed by atoms with Crippen molar-refractivity contribution in [3.63, 3.8) is 0 Å². The Hall–Kier alpha value is -1.22. The van der Waals surface area contributed by atoms with Crippen molar-refractivity contribution in [1.82, 2.24) is 9.80 Å². The van der Waals surface area contributed by atoms with Gasteiger partial charge in [-0.2, -0.15) is 0 Å². The van der Waals surface area contributed by atoms with E-state index in [9.17, 15) is 0 Å². The minimum absolute atomic E-state index is 0.670. The largest absolute Gasteiger partial charge is 0.349 e. The number of guanidine groups is 1. The maximum atomic E-state index is 5.82. The summed E-state index contributed by atoms with van der Waals surface area (Å²) in [5, 5.41) is 0.758. The van der Waals surface area contributed by atoms with Gasteiger partial charge in [-0.1, -0.05) is 23.7 Å². The van der Waals surface area contributed by atoms with Crippen molar-refractivity contribution in [2.75, 3.05) is 28.2 Å². The lowest BCUT2D eigenvalue weighted by atomic mass is 10.2. The molecule has 0 fully saturated rings. The van der Waals surface area contributed by atoms with Crippen LogP contribution in [0.4, 0.5) is 0 Å². The number of hydrogen-bond acceptors (Lipinski definition) is 1. The summed E-state index contributed by atoms with van der Waals surface area (Å²) in [7, 11) is 7.95. The van der Waals surface area contributed by atoms with Gasteiger partial charge in [-0.25, -0.2) is 4.99 Å². The fourth-order valence-corrected chi connectivity index (χ4v) is 1.56. The summed E-state index contributed by atoms with van der Waals surface area (Å²) in [5.41, 5.74) is 1.16. The zero-order valence-corrected chi connectivity index (χ0v) is 11.0. The van der Waals surface area contributed by atoms with Crippen molar-refractivity contribution in [1.29, 1.82) is 0 Å². The van der Waals surface area contributed by atoms with Crippen LogP contribution in [0.25, 0.3) is 0 Å². The highest BCUT2D eigenvalue weighted by Gasteiger charge is 2.03. The van der Waals surface area contributed by atoms with Gasteiger partial charge in [-0.15, -0.1) is 0 Å². The van der Waals surface area contributed by atoms with Gasteiger partial charge in [0.05, 0.1) is 6.54 Å². The van der Waals surface area contributed by atoms with Crippen molar-refractivity contribution in [3.8, 4) is 0 Å². The number of halogens is 1. The van der Waals surface area contributed by atoms with E-state index < -0.39 is 0 Å². The lowest BCUT2D eigenvalue weighted by Gasteiger charge is -2.22. The Morgan fingerprint density at radius 3 is 2.00 bits per heavy atom. The first kappa shape index (κ1) is 12.8. The third-order valence-corrected chi connectivity index (χ3v) is 2.37. The van der Waals surface area contributed by atoms with Crippen LogP contribution in [-0.2, 0) is 6.54 Å². The van der Waals surface area contributed by atoms with E-state index in [0.29, 0.717) is 6.54 Å². The van der Waals surface area contributed by atoms with E-state index >= 15 is 0 Å². The molecule has 0 heterocycles. The van der Waals surface area contributed by atoms with E-state index in [1.165, 1.54) is 0 Å². The summed E-state index contributed by atoms with van der Waals surface area (Å²) in [4.78, 5) is 8.54. The van der Waals surface area contributed by atoms with Crippen LogP contribution in [-0.4, -0.2) is 44.0 Å². The lowest BCUT2D eigenvalue weighted by molar-refractivity contribution is 0.479. The third kappa shape index (κ3) is 3.74. The molecule has 0 atom stereocenters. The van der Waals surface area contributed by atoms with Gasteiger partial charge in [0.1, 0.15) is 0 Å². The van der Waals surface area contributed by atoms with Crippen molar-refractivity contribution in [2.45, 2.75) is 6.54 Å². The SMILES string of the molecule is CN(C)C(=NCc1ccc(Cl)cc1)N(C)C. The van der Waals surface area contributed by atoms with Gasteiger partial charge in [-0.3, -0.25) is 0 Å². The number of nitrogens with zero attached hydrogens (tertiary/aromatic N) is 3. The van der Waals surface area contributed by atoms with Gasteiger partial charge < -0.3 is 9.80 Å². The molecule has 0 radical (unpaired) electrons. The molecule has 1 aromatic rings. The van der Waals surface area contributed by atoms with E-state index in [-0.39, 0.29) is 0 Å². The summed E-state index contributed by atoms with van der Waals surface area (Å²) in [6.45, 7) is 0.670. The van der Waals surface area contributed by atoms with Gasteiger partial charge in [0.25, 0.3) is 0 Å². The average Bonchev–Trinajstić information content (AvgIpc) is 2.20. The molecular weight excluding hydrogens is 222 g/mol. The maximum absolute atomic E-state index is 5.82. The molecule has 0 saturated carbocycles. The van der Waals surface area contributed by atoms with E-state index in [4.69, 9.17) is 11.6 Å². The molecule has 1 rings (SSSR count). The first-order chi connectivity index (χ1) is 7.50. The second-order valence-corrected chi connectivity index (χ2v) is 4.47. The molecule has 4 heteroatoms. The van der Waals surface area contributed by atoms with Crippen molar-refractivity contribution >= 4 is 17.6 Å². The highest BCUT2D eigenvalue weighted by atomic mass is 35.5. The van der Waals surface area contributed by atoms with Crippen LogP contribution in [0.3, 0.4) is 0 Å². The second kappa shape index (κ2) is 5.75. The zero-order valence-electron chi connectivity index (χ0n) is 10.2. The van der Waals surface area contributed by atoms with Gasteiger partial charge in [0.2, 0.25) is 0 Å². The van der Waals surface area contributed by atoms with Crippen LogP contribution in [0.1, 0.15) is 5.56 Å². The Labute approximate surface area is 102 Å². The fraction of sp³-hybridized carbons (Fsp3) is 0.417. The Bertz CT molecular complexity index is 345. The van der Waals surface area contributed by atoms with E-state index in [2.05, 4.69) is 4.99 Å². The highest BCUT2D eigenvalue weighted by molar-refractivity contribution is 6.30. The normalized spacial score (nSPS) is 9.81. The fourth-order valence-electron chi connectivity index (χ4n) is 1.43. The maximum Gasteiger partial charge on any atom is 0.195 e. The number of aliphatic imine (C=N–C) groups is 1. The van der Waals surface area contributed by atoms with E-state index in [1.807, 2.05) is 62.3 Å². The number of rotatable bonds is 2. The Balaban J connectivity index is 2.73. The van der Waals surface area contributed by atoms with Crippen molar-refractivity contribution in [2.24, 2.45) is 4.99 Å². The standard InChI is InChI=1S/C12H18ClN3/c1-15(2)12(16(3)4)14-9-10-5-7-11(13)8-6-10/h5-8H,9H2,1-4H3. The van der Waals surface area contributed by atoms with Gasteiger partial charge >= 0.3 is 0 Å². The molecule has 0 unspecified atom stereocenters.